The molecule has 0 atom stereocenters. The lowest BCUT2D eigenvalue weighted by Crippen LogP contribution is -2.48. The number of rotatable bonds is 4. The minimum absolute atomic E-state index is 0.0569. The molecule has 0 aliphatic carbocycles. The molecule has 1 aliphatic rings. The van der Waals surface area contributed by atoms with Crippen LogP contribution < -0.4 is 4.74 Å². The summed E-state index contributed by atoms with van der Waals surface area (Å²) in [5.74, 6) is -1.01. The van der Waals surface area contributed by atoms with Gasteiger partial charge >= 0.3 is 17.5 Å². The van der Waals surface area contributed by atoms with Crippen molar-refractivity contribution in [2.45, 2.75) is 12.0 Å². The molecule has 1 aromatic carbocycles. The summed E-state index contributed by atoms with van der Waals surface area (Å²) in [5.41, 5.74) is -0.711. The molecule has 0 aromatic heterocycles. The van der Waals surface area contributed by atoms with Crippen LogP contribution in [0.25, 0.3) is 0 Å². The Hall–Kier alpha value is -2.57. The summed E-state index contributed by atoms with van der Waals surface area (Å²) >= 11 is 0. The summed E-state index contributed by atoms with van der Waals surface area (Å²) < 4.78 is 14.3. The average molecular weight is 293 g/mol. The van der Waals surface area contributed by atoms with E-state index in [2.05, 4.69) is 14.6 Å². The molecule has 1 heterocycles. The normalized spacial score (nSPS) is 15.7. The number of hydrogen-bond donors (Lipinski definition) is 0. The summed E-state index contributed by atoms with van der Waals surface area (Å²) in [5, 5.41) is 3.83. The van der Waals surface area contributed by atoms with Crippen molar-refractivity contribution in [2.75, 3.05) is 21.3 Å². The summed E-state index contributed by atoms with van der Waals surface area (Å²) in [7, 11) is 3.90. The number of carbonyl (C=O) groups excluding carboxylic acids is 2. The molecule has 0 N–H and O–H groups in total. The molecule has 0 spiro atoms. The number of oxime groups is 1. The van der Waals surface area contributed by atoms with E-state index in [0.717, 1.165) is 0 Å². The monoisotopic (exact) mass is 293 g/mol. The standard InChI is InChI=1S/C14H15NO6/c1-18-10-6-4-9(5-7-10)11-8-14(21-15-11,12(16)19-2)13(17)20-3/h4-7H,8H2,1-3H3. The molecule has 2 rings (SSSR count). The first-order valence-electron chi connectivity index (χ1n) is 6.13. The van der Waals surface area contributed by atoms with Gasteiger partial charge in [-0.1, -0.05) is 5.16 Å². The number of carbonyl (C=O) groups is 2. The largest absolute Gasteiger partial charge is 0.497 e. The van der Waals surface area contributed by atoms with Crippen LogP contribution in [-0.4, -0.2) is 44.6 Å². The number of nitrogens with zero attached hydrogens (tertiary/aromatic N) is 1. The highest BCUT2D eigenvalue weighted by atomic mass is 16.7. The molecule has 112 valence electrons. The van der Waals surface area contributed by atoms with Crippen LogP contribution in [0.1, 0.15) is 12.0 Å². The Kier molecular flexibility index (Phi) is 4.11. The van der Waals surface area contributed by atoms with Crippen molar-refractivity contribution in [3.05, 3.63) is 29.8 Å². The maximum atomic E-state index is 11.9. The Bertz CT molecular complexity index is 562. The molecule has 7 heteroatoms. The first-order valence-corrected chi connectivity index (χ1v) is 6.13. The van der Waals surface area contributed by atoms with Gasteiger partial charge in [0.05, 0.1) is 33.5 Å². The van der Waals surface area contributed by atoms with E-state index in [0.29, 0.717) is 17.0 Å². The molecule has 0 unspecified atom stereocenters. The quantitative estimate of drug-likeness (QED) is 0.606. The molecular formula is C14H15NO6. The van der Waals surface area contributed by atoms with Gasteiger partial charge in [0.1, 0.15) is 5.75 Å². The molecule has 0 bridgehead atoms. The number of ether oxygens (including phenoxy) is 3. The molecule has 1 aliphatic heterocycles. The first kappa shape index (κ1) is 14.8. The van der Waals surface area contributed by atoms with E-state index in [1.165, 1.54) is 14.2 Å². The van der Waals surface area contributed by atoms with Crippen molar-refractivity contribution in [2.24, 2.45) is 5.16 Å². The van der Waals surface area contributed by atoms with Crippen LogP contribution in [-0.2, 0) is 23.9 Å². The third-order valence-electron chi connectivity index (χ3n) is 3.18. The molecular weight excluding hydrogens is 278 g/mol. The number of methoxy groups -OCH3 is 3. The van der Waals surface area contributed by atoms with Gasteiger partial charge in [0, 0.05) is 0 Å². The van der Waals surface area contributed by atoms with Crippen molar-refractivity contribution in [1.82, 2.24) is 0 Å². The molecule has 0 saturated carbocycles. The zero-order valence-electron chi connectivity index (χ0n) is 11.9. The van der Waals surface area contributed by atoms with Gasteiger partial charge in [0.2, 0.25) is 0 Å². The van der Waals surface area contributed by atoms with Crippen LogP contribution in [0.15, 0.2) is 29.4 Å². The molecule has 1 aromatic rings. The van der Waals surface area contributed by atoms with E-state index in [4.69, 9.17) is 9.57 Å². The maximum absolute atomic E-state index is 11.9. The fourth-order valence-corrected chi connectivity index (χ4v) is 2.00. The second-order valence-corrected chi connectivity index (χ2v) is 4.34. The minimum atomic E-state index is -1.88. The maximum Gasteiger partial charge on any atom is 0.365 e. The van der Waals surface area contributed by atoms with Crippen LogP contribution in [0.3, 0.4) is 0 Å². The van der Waals surface area contributed by atoms with Crippen molar-refractivity contribution >= 4 is 17.7 Å². The molecule has 0 radical (unpaired) electrons. The second kappa shape index (κ2) is 5.82. The number of hydrogen-bond acceptors (Lipinski definition) is 7. The van der Waals surface area contributed by atoms with Crippen molar-refractivity contribution in [3.63, 3.8) is 0 Å². The Morgan fingerprint density at radius 1 is 1.10 bits per heavy atom. The molecule has 7 nitrogen and oxygen atoms in total. The number of esters is 2. The first-order chi connectivity index (χ1) is 10.1. The van der Waals surface area contributed by atoms with E-state index in [9.17, 15) is 9.59 Å². The van der Waals surface area contributed by atoms with Crippen molar-refractivity contribution < 1.29 is 28.6 Å². The van der Waals surface area contributed by atoms with Crippen molar-refractivity contribution in [1.29, 1.82) is 0 Å². The van der Waals surface area contributed by atoms with Gasteiger partial charge in [0.25, 0.3) is 0 Å². The van der Waals surface area contributed by atoms with Gasteiger partial charge in [-0.3, -0.25) is 0 Å². The van der Waals surface area contributed by atoms with Gasteiger partial charge in [0.15, 0.2) is 0 Å². The fraction of sp³-hybridized carbons (Fsp3) is 0.357. The van der Waals surface area contributed by atoms with E-state index in [1.807, 2.05) is 0 Å². The Morgan fingerprint density at radius 2 is 1.67 bits per heavy atom. The molecule has 0 fully saturated rings. The summed E-state index contributed by atoms with van der Waals surface area (Å²) in [6.45, 7) is 0. The highest BCUT2D eigenvalue weighted by molar-refractivity contribution is 6.13. The second-order valence-electron chi connectivity index (χ2n) is 4.34. The Morgan fingerprint density at radius 3 is 2.14 bits per heavy atom. The third kappa shape index (κ3) is 2.54. The van der Waals surface area contributed by atoms with E-state index in [1.54, 1.807) is 31.4 Å². The van der Waals surface area contributed by atoms with Crippen LogP contribution >= 0.6 is 0 Å². The van der Waals surface area contributed by atoms with Crippen LogP contribution in [0.5, 0.6) is 5.75 Å². The van der Waals surface area contributed by atoms with Crippen LogP contribution in [0.2, 0.25) is 0 Å². The molecule has 0 amide bonds. The van der Waals surface area contributed by atoms with Gasteiger partial charge in [-0.2, -0.15) is 0 Å². The van der Waals surface area contributed by atoms with Gasteiger partial charge in [-0.15, -0.1) is 0 Å². The highest BCUT2D eigenvalue weighted by Crippen LogP contribution is 2.30. The topological polar surface area (TPSA) is 83.4 Å². The average Bonchev–Trinajstić information content (AvgIpc) is 3.00. The Labute approximate surface area is 121 Å². The minimum Gasteiger partial charge on any atom is -0.497 e. The predicted molar refractivity (Wildman–Crippen MR) is 72.0 cm³/mol. The van der Waals surface area contributed by atoms with Gasteiger partial charge in [-0.05, 0) is 29.8 Å². The molecule has 21 heavy (non-hydrogen) atoms. The molecule has 0 saturated heterocycles. The van der Waals surface area contributed by atoms with Gasteiger partial charge in [-0.25, -0.2) is 9.59 Å². The van der Waals surface area contributed by atoms with E-state index >= 15 is 0 Å². The Balaban J connectivity index is 2.26. The van der Waals surface area contributed by atoms with Crippen LogP contribution in [0, 0.1) is 0 Å². The lowest BCUT2D eigenvalue weighted by atomic mass is 9.94. The SMILES string of the molecule is COC(=O)C1(C(=O)OC)CC(c2ccc(OC)cc2)=NO1. The van der Waals surface area contributed by atoms with E-state index < -0.39 is 17.5 Å². The fourth-order valence-electron chi connectivity index (χ4n) is 2.00. The van der Waals surface area contributed by atoms with E-state index in [-0.39, 0.29) is 6.42 Å². The zero-order valence-corrected chi connectivity index (χ0v) is 11.9. The van der Waals surface area contributed by atoms with Crippen molar-refractivity contribution in [3.8, 4) is 5.75 Å². The lowest BCUT2D eigenvalue weighted by Gasteiger charge is -2.20. The lowest BCUT2D eigenvalue weighted by molar-refractivity contribution is -0.184. The zero-order chi connectivity index (χ0) is 15.5. The highest BCUT2D eigenvalue weighted by Gasteiger charge is 2.56. The summed E-state index contributed by atoms with van der Waals surface area (Å²) in [4.78, 5) is 28.8. The number of benzene rings is 1. The smallest absolute Gasteiger partial charge is 0.365 e. The summed E-state index contributed by atoms with van der Waals surface area (Å²) in [6, 6.07) is 7.00. The summed E-state index contributed by atoms with van der Waals surface area (Å²) in [6.07, 6.45) is -0.0569. The van der Waals surface area contributed by atoms with Gasteiger partial charge < -0.3 is 19.0 Å². The predicted octanol–water partition coefficient (Wildman–Crippen LogP) is 0.904. The third-order valence-corrected chi connectivity index (χ3v) is 3.18. The van der Waals surface area contributed by atoms with Crippen LogP contribution in [0.4, 0.5) is 0 Å².